The molecule has 17 heavy (non-hydrogen) atoms. The fourth-order valence-corrected chi connectivity index (χ4v) is 1.86. The Labute approximate surface area is 99.7 Å². The van der Waals surface area contributed by atoms with Gasteiger partial charge in [0.05, 0.1) is 10.6 Å². The van der Waals surface area contributed by atoms with E-state index in [-0.39, 0.29) is 17.3 Å². The quantitative estimate of drug-likeness (QED) is 0.626. The maximum absolute atomic E-state index is 10.8. The summed E-state index contributed by atoms with van der Waals surface area (Å²) in [6.45, 7) is 1.82. The van der Waals surface area contributed by atoms with Crippen LogP contribution in [0.2, 0.25) is 0 Å². The summed E-state index contributed by atoms with van der Waals surface area (Å²) in [5.74, 6) is -0.141. The van der Waals surface area contributed by atoms with Crippen molar-refractivity contribution in [1.29, 1.82) is 0 Å². The number of nitrogens with one attached hydrogen (secondary N) is 1. The van der Waals surface area contributed by atoms with Gasteiger partial charge >= 0.3 is 5.69 Å². The fraction of sp³-hybridized carbons (Fsp3) is 0.125. The zero-order valence-electron chi connectivity index (χ0n) is 8.75. The molecule has 0 atom stereocenters. The average molecular weight is 252 g/mol. The zero-order valence-corrected chi connectivity index (χ0v) is 9.56. The van der Waals surface area contributed by atoms with Gasteiger partial charge in [-0.2, -0.15) is 0 Å². The number of aromatic nitrogens is 3. The van der Waals surface area contributed by atoms with Crippen LogP contribution in [0.3, 0.4) is 0 Å². The molecule has 0 fully saturated rings. The van der Waals surface area contributed by atoms with Crippen molar-refractivity contribution < 1.29 is 4.92 Å². The largest absolute Gasteiger partial charge is 0.378 e. The van der Waals surface area contributed by atoms with E-state index in [4.69, 9.17) is 5.73 Å². The lowest BCUT2D eigenvalue weighted by molar-refractivity contribution is -0.383. The number of rotatable bonds is 3. The Morgan fingerprint density at radius 1 is 1.53 bits per heavy atom. The average Bonchev–Trinajstić information content (AvgIpc) is 2.63. The second kappa shape index (κ2) is 4.29. The van der Waals surface area contributed by atoms with Gasteiger partial charge in [0.25, 0.3) is 0 Å². The number of nitro groups is 1. The minimum absolute atomic E-state index is 0.0388. The van der Waals surface area contributed by atoms with Crippen molar-refractivity contribution in [2.75, 3.05) is 11.1 Å². The summed E-state index contributed by atoms with van der Waals surface area (Å²) >= 11 is 1.32. The summed E-state index contributed by atoms with van der Waals surface area (Å²) in [7, 11) is 0. The van der Waals surface area contributed by atoms with Gasteiger partial charge in [0.1, 0.15) is 6.33 Å². The molecule has 0 bridgehead atoms. The van der Waals surface area contributed by atoms with Crippen LogP contribution < -0.4 is 11.1 Å². The van der Waals surface area contributed by atoms with Crippen LogP contribution in [-0.4, -0.2) is 19.9 Å². The monoisotopic (exact) mass is 252 g/mol. The van der Waals surface area contributed by atoms with Gasteiger partial charge in [-0.1, -0.05) is 0 Å². The van der Waals surface area contributed by atoms with Crippen LogP contribution >= 0.6 is 11.3 Å². The van der Waals surface area contributed by atoms with Crippen LogP contribution in [0, 0.1) is 17.0 Å². The predicted molar refractivity (Wildman–Crippen MR) is 63.2 cm³/mol. The highest BCUT2D eigenvalue weighted by Crippen LogP contribution is 2.29. The van der Waals surface area contributed by atoms with E-state index in [0.29, 0.717) is 5.13 Å². The van der Waals surface area contributed by atoms with Crippen LogP contribution in [-0.2, 0) is 0 Å². The van der Waals surface area contributed by atoms with Crippen molar-refractivity contribution in [2.24, 2.45) is 0 Å². The molecule has 0 aliphatic carbocycles. The standard InChI is InChI=1S/C8H8N6O2S/c1-4-2-17-8(12-4)13-7-5(14(15)16)6(9)10-3-11-7/h2-3H,1H3,(H3,9,10,11,12,13). The number of nitrogens with zero attached hydrogens (tertiary/aromatic N) is 4. The van der Waals surface area contributed by atoms with Crippen molar-refractivity contribution in [3.8, 4) is 0 Å². The summed E-state index contributed by atoms with van der Waals surface area (Å²) in [5.41, 5.74) is 5.91. The zero-order chi connectivity index (χ0) is 12.4. The third kappa shape index (κ3) is 2.28. The third-order valence-electron chi connectivity index (χ3n) is 1.88. The van der Waals surface area contributed by atoms with Crippen molar-refractivity contribution >= 4 is 33.8 Å². The Bertz CT molecular complexity index is 569. The lowest BCUT2D eigenvalue weighted by atomic mass is 10.4. The summed E-state index contributed by atoms with van der Waals surface area (Å²) in [6, 6.07) is 0. The Balaban J connectivity index is 2.39. The predicted octanol–water partition coefficient (Wildman–Crippen LogP) is 1.48. The lowest BCUT2D eigenvalue weighted by Crippen LogP contribution is -2.04. The van der Waals surface area contributed by atoms with Crippen LogP contribution in [0.25, 0.3) is 0 Å². The third-order valence-corrected chi connectivity index (χ3v) is 2.75. The Morgan fingerprint density at radius 2 is 2.29 bits per heavy atom. The van der Waals surface area contributed by atoms with Gasteiger partial charge in [0, 0.05) is 5.38 Å². The lowest BCUT2D eigenvalue weighted by Gasteiger charge is -2.03. The van der Waals surface area contributed by atoms with E-state index in [1.807, 2.05) is 12.3 Å². The van der Waals surface area contributed by atoms with E-state index in [2.05, 4.69) is 20.3 Å². The smallest absolute Gasteiger partial charge is 0.353 e. The summed E-state index contributed by atoms with van der Waals surface area (Å²) < 4.78 is 0. The van der Waals surface area contributed by atoms with Crippen molar-refractivity contribution in [2.45, 2.75) is 6.92 Å². The molecule has 2 aromatic rings. The van der Waals surface area contributed by atoms with Crippen molar-refractivity contribution in [3.05, 3.63) is 27.5 Å². The van der Waals surface area contributed by atoms with E-state index in [9.17, 15) is 10.1 Å². The molecule has 0 saturated heterocycles. The molecule has 0 aliphatic heterocycles. The first kappa shape index (κ1) is 11.2. The Morgan fingerprint density at radius 3 is 2.88 bits per heavy atom. The molecule has 2 aromatic heterocycles. The van der Waals surface area contributed by atoms with E-state index in [0.717, 1.165) is 12.0 Å². The highest BCUT2D eigenvalue weighted by atomic mass is 32.1. The first-order valence-corrected chi connectivity index (χ1v) is 5.40. The molecule has 0 unspecified atom stereocenters. The van der Waals surface area contributed by atoms with E-state index >= 15 is 0 Å². The number of aryl methyl sites for hydroxylation is 1. The molecule has 9 heteroatoms. The van der Waals surface area contributed by atoms with Gasteiger partial charge in [-0.25, -0.2) is 15.0 Å². The van der Waals surface area contributed by atoms with Gasteiger partial charge in [-0.3, -0.25) is 10.1 Å². The molecule has 88 valence electrons. The minimum Gasteiger partial charge on any atom is -0.378 e. The summed E-state index contributed by atoms with van der Waals surface area (Å²) in [5, 5.41) is 15.9. The Hall–Kier alpha value is -2.29. The molecule has 3 N–H and O–H groups in total. The molecule has 0 radical (unpaired) electrons. The normalized spacial score (nSPS) is 10.2. The van der Waals surface area contributed by atoms with Crippen molar-refractivity contribution in [3.63, 3.8) is 0 Å². The molecule has 2 heterocycles. The van der Waals surface area contributed by atoms with E-state index in [1.165, 1.54) is 11.3 Å². The molecular formula is C8H8N6O2S. The van der Waals surface area contributed by atoms with Crippen molar-refractivity contribution in [1.82, 2.24) is 15.0 Å². The number of hydrogen-bond acceptors (Lipinski definition) is 8. The van der Waals surface area contributed by atoms with Crippen LogP contribution in [0.4, 0.5) is 22.5 Å². The topological polar surface area (TPSA) is 120 Å². The molecule has 0 spiro atoms. The van der Waals surface area contributed by atoms with Gasteiger partial charge < -0.3 is 11.1 Å². The number of nitrogens with two attached hydrogens (primary N) is 1. The molecule has 0 aliphatic rings. The molecule has 2 rings (SSSR count). The van der Waals surface area contributed by atoms with Gasteiger partial charge in [-0.05, 0) is 6.92 Å². The van der Waals surface area contributed by atoms with Crippen LogP contribution in [0.1, 0.15) is 5.69 Å². The first-order chi connectivity index (χ1) is 8.08. The molecule has 0 saturated carbocycles. The molecule has 0 aromatic carbocycles. The minimum atomic E-state index is -0.627. The summed E-state index contributed by atoms with van der Waals surface area (Å²) in [6.07, 6.45) is 1.16. The fourth-order valence-electron chi connectivity index (χ4n) is 1.18. The number of hydrogen-bond donors (Lipinski definition) is 2. The van der Waals surface area contributed by atoms with Gasteiger partial charge in [-0.15, -0.1) is 11.3 Å². The van der Waals surface area contributed by atoms with E-state index < -0.39 is 4.92 Å². The highest BCUT2D eigenvalue weighted by Gasteiger charge is 2.21. The second-order valence-corrected chi connectivity index (χ2v) is 3.99. The highest BCUT2D eigenvalue weighted by molar-refractivity contribution is 7.13. The SMILES string of the molecule is Cc1csc(Nc2ncnc(N)c2[N+](=O)[O-])n1. The molecule has 8 nitrogen and oxygen atoms in total. The van der Waals surface area contributed by atoms with Crippen LogP contribution in [0.15, 0.2) is 11.7 Å². The summed E-state index contributed by atoms with van der Waals surface area (Å²) in [4.78, 5) is 21.7. The number of thiazole rings is 1. The van der Waals surface area contributed by atoms with Gasteiger partial charge in [0.2, 0.25) is 11.6 Å². The van der Waals surface area contributed by atoms with Gasteiger partial charge in [0.15, 0.2) is 5.13 Å². The maximum atomic E-state index is 10.8. The second-order valence-electron chi connectivity index (χ2n) is 3.13. The number of anilines is 3. The first-order valence-electron chi connectivity index (χ1n) is 4.52. The number of nitrogen functional groups attached to an aromatic ring is 1. The molecule has 0 amide bonds. The van der Waals surface area contributed by atoms with E-state index in [1.54, 1.807) is 0 Å². The molecular weight excluding hydrogens is 244 g/mol. The van der Waals surface area contributed by atoms with Crippen LogP contribution in [0.5, 0.6) is 0 Å². The maximum Gasteiger partial charge on any atom is 0.353 e. The Kier molecular flexibility index (Phi) is 2.83.